The van der Waals surface area contributed by atoms with Gasteiger partial charge in [-0.3, -0.25) is 4.79 Å². The number of hydrogen-bond acceptors (Lipinski definition) is 2. The van der Waals surface area contributed by atoms with Gasteiger partial charge < -0.3 is 10.6 Å². The first-order valence-corrected chi connectivity index (χ1v) is 5.70. The first-order chi connectivity index (χ1) is 7.13. The minimum atomic E-state index is 0.0236. The molecule has 0 bridgehead atoms. The summed E-state index contributed by atoms with van der Waals surface area (Å²) < 4.78 is 0.842. The maximum atomic E-state index is 10.9. The van der Waals surface area contributed by atoms with Crippen LogP contribution in [0.4, 0.5) is 5.69 Å². The van der Waals surface area contributed by atoms with Gasteiger partial charge in [-0.2, -0.15) is 0 Å². The number of halogens is 2. The molecule has 0 saturated heterocycles. The van der Waals surface area contributed by atoms with Gasteiger partial charge in [0.05, 0.1) is 5.02 Å². The summed E-state index contributed by atoms with van der Waals surface area (Å²) in [6, 6.07) is 5.55. The van der Waals surface area contributed by atoms with Gasteiger partial charge in [0.15, 0.2) is 0 Å². The molecule has 0 aliphatic rings. The third-order valence-electron chi connectivity index (χ3n) is 1.88. The standard InChI is InChI=1S/C10H12BrClN2O/c1-13-10(15)4-5-14-7-2-3-9(12)8(11)6-7/h2-3,6,14H,4-5H2,1H3,(H,13,15). The molecule has 15 heavy (non-hydrogen) atoms. The summed E-state index contributed by atoms with van der Waals surface area (Å²) in [6.45, 7) is 0.605. The summed E-state index contributed by atoms with van der Waals surface area (Å²) in [5.41, 5.74) is 0.940. The van der Waals surface area contributed by atoms with Gasteiger partial charge in [-0.25, -0.2) is 0 Å². The summed E-state index contributed by atoms with van der Waals surface area (Å²) in [7, 11) is 1.63. The monoisotopic (exact) mass is 290 g/mol. The largest absolute Gasteiger partial charge is 0.384 e. The average molecular weight is 292 g/mol. The van der Waals surface area contributed by atoms with Gasteiger partial charge in [0, 0.05) is 30.2 Å². The van der Waals surface area contributed by atoms with E-state index in [1.165, 1.54) is 0 Å². The second-order valence-electron chi connectivity index (χ2n) is 2.98. The highest BCUT2D eigenvalue weighted by molar-refractivity contribution is 9.10. The van der Waals surface area contributed by atoms with Gasteiger partial charge in [0.1, 0.15) is 0 Å². The van der Waals surface area contributed by atoms with E-state index in [0.29, 0.717) is 18.0 Å². The molecule has 0 aliphatic heterocycles. The van der Waals surface area contributed by atoms with Crippen LogP contribution in [0.3, 0.4) is 0 Å². The van der Waals surface area contributed by atoms with Crippen molar-refractivity contribution in [3.63, 3.8) is 0 Å². The molecule has 2 N–H and O–H groups in total. The Labute approximate surface area is 102 Å². The Morgan fingerprint density at radius 2 is 2.27 bits per heavy atom. The lowest BCUT2D eigenvalue weighted by atomic mass is 10.3. The van der Waals surface area contributed by atoms with E-state index in [9.17, 15) is 4.79 Å². The highest BCUT2D eigenvalue weighted by Crippen LogP contribution is 2.25. The van der Waals surface area contributed by atoms with Crippen LogP contribution in [-0.4, -0.2) is 19.5 Å². The van der Waals surface area contributed by atoms with E-state index in [1.54, 1.807) is 13.1 Å². The van der Waals surface area contributed by atoms with Gasteiger partial charge >= 0.3 is 0 Å². The lowest BCUT2D eigenvalue weighted by Crippen LogP contribution is -2.20. The molecule has 0 radical (unpaired) electrons. The molecule has 0 heterocycles. The number of carbonyl (C=O) groups excluding carboxylic acids is 1. The van der Waals surface area contributed by atoms with Gasteiger partial charge in [0.2, 0.25) is 5.91 Å². The Morgan fingerprint density at radius 1 is 1.53 bits per heavy atom. The van der Waals surface area contributed by atoms with E-state index in [2.05, 4.69) is 26.6 Å². The topological polar surface area (TPSA) is 41.1 Å². The normalized spacial score (nSPS) is 9.80. The quantitative estimate of drug-likeness (QED) is 0.895. The molecule has 82 valence electrons. The van der Waals surface area contributed by atoms with Crippen LogP contribution in [0.2, 0.25) is 5.02 Å². The fraction of sp³-hybridized carbons (Fsp3) is 0.300. The fourth-order valence-corrected chi connectivity index (χ4v) is 1.55. The number of anilines is 1. The van der Waals surface area contributed by atoms with Crippen molar-refractivity contribution in [2.24, 2.45) is 0 Å². The minimum Gasteiger partial charge on any atom is -0.384 e. The Morgan fingerprint density at radius 3 is 2.87 bits per heavy atom. The molecule has 3 nitrogen and oxygen atoms in total. The Kier molecular flexibility index (Phi) is 4.91. The van der Waals surface area contributed by atoms with Crippen LogP contribution in [-0.2, 0) is 4.79 Å². The molecule has 0 fully saturated rings. The summed E-state index contributed by atoms with van der Waals surface area (Å²) in [5.74, 6) is 0.0236. The summed E-state index contributed by atoms with van der Waals surface area (Å²) in [4.78, 5) is 10.9. The van der Waals surface area contributed by atoms with E-state index in [-0.39, 0.29) is 5.91 Å². The smallest absolute Gasteiger partial charge is 0.221 e. The van der Waals surface area contributed by atoms with Crippen LogP contribution in [0, 0.1) is 0 Å². The molecule has 1 amide bonds. The number of hydrogen-bond donors (Lipinski definition) is 2. The van der Waals surface area contributed by atoms with E-state index in [4.69, 9.17) is 11.6 Å². The summed E-state index contributed by atoms with van der Waals surface area (Å²) >= 11 is 9.18. The van der Waals surface area contributed by atoms with Crippen LogP contribution < -0.4 is 10.6 Å². The molecular formula is C10H12BrClN2O. The lowest BCUT2D eigenvalue weighted by molar-refractivity contribution is -0.120. The van der Waals surface area contributed by atoms with Gasteiger partial charge in [-0.05, 0) is 34.1 Å². The van der Waals surface area contributed by atoms with Crippen molar-refractivity contribution in [3.8, 4) is 0 Å². The van der Waals surface area contributed by atoms with Gasteiger partial charge in [0.25, 0.3) is 0 Å². The molecule has 0 aliphatic carbocycles. The maximum absolute atomic E-state index is 10.9. The second-order valence-corrected chi connectivity index (χ2v) is 4.24. The second kappa shape index (κ2) is 5.98. The fourth-order valence-electron chi connectivity index (χ4n) is 1.05. The van der Waals surface area contributed by atoms with Gasteiger partial charge in [-0.1, -0.05) is 11.6 Å². The average Bonchev–Trinajstić information content (AvgIpc) is 2.23. The molecule has 1 rings (SSSR count). The van der Waals surface area contributed by atoms with E-state index in [0.717, 1.165) is 10.2 Å². The van der Waals surface area contributed by atoms with Crippen LogP contribution in [0.15, 0.2) is 22.7 Å². The zero-order valence-corrected chi connectivity index (χ0v) is 10.7. The van der Waals surface area contributed by atoms with Crippen LogP contribution in [0.1, 0.15) is 6.42 Å². The predicted molar refractivity (Wildman–Crippen MR) is 66.3 cm³/mol. The van der Waals surface area contributed by atoms with Crippen LogP contribution in [0.25, 0.3) is 0 Å². The third kappa shape index (κ3) is 4.10. The van der Waals surface area contributed by atoms with Crippen molar-refractivity contribution in [3.05, 3.63) is 27.7 Å². The van der Waals surface area contributed by atoms with Crippen LogP contribution in [0.5, 0.6) is 0 Å². The zero-order chi connectivity index (χ0) is 11.3. The highest BCUT2D eigenvalue weighted by Gasteiger charge is 2.00. The first-order valence-electron chi connectivity index (χ1n) is 4.53. The number of nitrogens with one attached hydrogen (secondary N) is 2. The predicted octanol–water partition coefficient (Wildman–Crippen LogP) is 2.65. The lowest BCUT2D eigenvalue weighted by Gasteiger charge is -2.06. The maximum Gasteiger partial charge on any atom is 0.221 e. The number of rotatable bonds is 4. The van der Waals surface area contributed by atoms with E-state index < -0.39 is 0 Å². The highest BCUT2D eigenvalue weighted by atomic mass is 79.9. The Balaban J connectivity index is 2.44. The SMILES string of the molecule is CNC(=O)CCNc1ccc(Cl)c(Br)c1. The summed E-state index contributed by atoms with van der Waals surface area (Å²) in [6.07, 6.45) is 0.455. The molecule has 1 aromatic rings. The van der Waals surface area contributed by atoms with Crippen LogP contribution >= 0.6 is 27.5 Å². The van der Waals surface area contributed by atoms with Crippen molar-refractivity contribution < 1.29 is 4.79 Å². The summed E-state index contributed by atoms with van der Waals surface area (Å²) in [5, 5.41) is 6.36. The molecule has 1 aromatic carbocycles. The van der Waals surface area contributed by atoms with Crippen molar-refractivity contribution in [2.75, 3.05) is 18.9 Å². The molecule has 0 spiro atoms. The van der Waals surface area contributed by atoms with Gasteiger partial charge in [-0.15, -0.1) is 0 Å². The molecule has 0 saturated carbocycles. The Hall–Kier alpha value is -0.740. The minimum absolute atomic E-state index is 0.0236. The first kappa shape index (κ1) is 12.3. The molecule has 0 atom stereocenters. The van der Waals surface area contributed by atoms with Crippen molar-refractivity contribution >= 4 is 39.1 Å². The van der Waals surface area contributed by atoms with Crippen molar-refractivity contribution in [1.82, 2.24) is 5.32 Å². The Bertz CT molecular complexity index is 357. The number of amides is 1. The third-order valence-corrected chi connectivity index (χ3v) is 3.09. The van der Waals surface area contributed by atoms with E-state index in [1.807, 2.05) is 12.1 Å². The van der Waals surface area contributed by atoms with Crippen molar-refractivity contribution in [2.45, 2.75) is 6.42 Å². The van der Waals surface area contributed by atoms with E-state index >= 15 is 0 Å². The number of benzene rings is 1. The van der Waals surface area contributed by atoms with Crippen molar-refractivity contribution in [1.29, 1.82) is 0 Å². The molecule has 5 heteroatoms. The molecule has 0 aromatic heterocycles. The zero-order valence-electron chi connectivity index (χ0n) is 8.31. The number of carbonyl (C=O) groups is 1. The molecule has 0 unspecified atom stereocenters. The molecular weight excluding hydrogens is 279 g/mol.